The quantitative estimate of drug-likeness (QED) is 0.612. The van der Waals surface area contributed by atoms with Crippen LogP contribution >= 0.6 is 0 Å². The standard InChI is InChI=1S/C12H11N3O/c1-7-10-5-4-9(16-3)6-11(10)15-12(7)13-8(2)14-15/h4-6H,1H2,2-3H3. The summed E-state index contributed by atoms with van der Waals surface area (Å²) in [4.78, 5) is 4.35. The molecule has 4 nitrogen and oxygen atoms in total. The highest BCUT2D eigenvalue weighted by molar-refractivity contribution is 5.87. The van der Waals surface area contributed by atoms with Crippen LogP contribution in [0.2, 0.25) is 0 Å². The van der Waals surface area contributed by atoms with Crippen molar-refractivity contribution < 1.29 is 4.74 Å². The maximum Gasteiger partial charge on any atom is 0.163 e. The molecule has 16 heavy (non-hydrogen) atoms. The van der Waals surface area contributed by atoms with Crippen molar-refractivity contribution in [3.63, 3.8) is 0 Å². The summed E-state index contributed by atoms with van der Waals surface area (Å²) in [7, 11) is 1.65. The molecule has 0 aliphatic heterocycles. The smallest absolute Gasteiger partial charge is 0.163 e. The molecule has 4 heteroatoms. The lowest BCUT2D eigenvalue weighted by atomic mass is 10.2. The maximum atomic E-state index is 5.21. The van der Waals surface area contributed by atoms with E-state index in [-0.39, 0.29) is 0 Å². The number of benzene rings is 1. The van der Waals surface area contributed by atoms with Crippen LogP contribution in [0.25, 0.3) is 23.1 Å². The van der Waals surface area contributed by atoms with Crippen molar-refractivity contribution in [3.8, 4) is 5.75 Å². The lowest BCUT2D eigenvalue weighted by Gasteiger charge is -1.98. The second-order valence-corrected chi connectivity index (χ2v) is 3.76. The number of nitrogens with zero attached hydrogens (tertiary/aromatic N) is 3. The fraction of sp³-hybridized carbons (Fsp3) is 0.167. The normalized spacial score (nSPS) is 11.4. The predicted molar refractivity (Wildman–Crippen MR) is 62.5 cm³/mol. The van der Waals surface area contributed by atoms with Gasteiger partial charge >= 0.3 is 0 Å². The summed E-state index contributed by atoms with van der Waals surface area (Å²) in [5.41, 5.74) is 1.81. The zero-order chi connectivity index (χ0) is 11.3. The van der Waals surface area contributed by atoms with Crippen molar-refractivity contribution in [3.05, 3.63) is 29.2 Å². The van der Waals surface area contributed by atoms with Gasteiger partial charge in [0.15, 0.2) is 5.65 Å². The SMILES string of the molecule is C=c1c2ccc(OC)cc2n2nc(C)nc12. The average Bonchev–Trinajstić information content (AvgIpc) is 2.78. The molecule has 0 aliphatic rings. The molecule has 0 unspecified atom stereocenters. The second-order valence-electron chi connectivity index (χ2n) is 3.76. The first-order chi connectivity index (χ1) is 7.70. The highest BCUT2D eigenvalue weighted by Gasteiger charge is 2.10. The van der Waals surface area contributed by atoms with Crippen molar-refractivity contribution in [1.29, 1.82) is 0 Å². The molecule has 3 aromatic rings. The zero-order valence-corrected chi connectivity index (χ0v) is 9.19. The van der Waals surface area contributed by atoms with Crippen molar-refractivity contribution >= 4 is 23.1 Å². The van der Waals surface area contributed by atoms with Crippen LogP contribution in [0, 0.1) is 6.92 Å². The Balaban J connectivity index is 2.54. The van der Waals surface area contributed by atoms with Gasteiger partial charge in [0.1, 0.15) is 11.6 Å². The molecular weight excluding hydrogens is 202 g/mol. The van der Waals surface area contributed by atoms with Crippen molar-refractivity contribution in [1.82, 2.24) is 14.6 Å². The fourth-order valence-electron chi connectivity index (χ4n) is 1.97. The van der Waals surface area contributed by atoms with Crippen molar-refractivity contribution in [2.24, 2.45) is 0 Å². The molecule has 0 atom stereocenters. The molecule has 2 aromatic heterocycles. The minimum Gasteiger partial charge on any atom is -0.497 e. The van der Waals surface area contributed by atoms with Crippen molar-refractivity contribution in [2.75, 3.05) is 7.11 Å². The van der Waals surface area contributed by atoms with Gasteiger partial charge < -0.3 is 4.74 Å². The molecule has 0 N–H and O–H groups in total. The molecule has 0 fully saturated rings. The summed E-state index contributed by atoms with van der Waals surface area (Å²) < 4.78 is 7.02. The number of hydrogen-bond donors (Lipinski definition) is 0. The topological polar surface area (TPSA) is 39.4 Å². The van der Waals surface area contributed by atoms with Crippen molar-refractivity contribution in [2.45, 2.75) is 6.92 Å². The van der Waals surface area contributed by atoms with E-state index < -0.39 is 0 Å². The van der Waals surface area contributed by atoms with E-state index in [1.165, 1.54) is 0 Å². The Kier molecular flexibility index (Phi) is 1.68. The van der Waals surface area contributed by atoms with Gasteiger partial charge in [-0.3, -0.25) is 0 Å². The van der Waals surface area contributed by atoms with Gasteiger partial charge in [0.25, 0.3) is 0 Å². The maximum absolute atomic E-state index is 5.21. The van der Waals surface area contributed by atoms with Gasteiger partial charge in [0.05, 0.1) is 12.6 Å². The molecule has 80 valence electrons. The van der Waals surface area contributed by atoms with Crippen LogP contribution in [0.5, 0.6) is 5.75 Å². The molecule has 0 saturated carbocycles. The van der Waals surface area contributed by atoms with E-state index in [0.29, 0.717) is 0 Å². The zero-order valence-electron chi connectivity index (χ0n) is 9.19. The van der Waals surface area contributed by atoms with Gasteiger partial charge in [0.2, 0.25) is 0 Å². The number of ether oxygens (including phenoxy) is 1. The number of hydrogen-bond acceptors (Lipinski definition) is 3. The van der Waals surface area contributed by atoms with E-state index in [2.05, 4.69) is 16.7 Å². The Morgan fingerprint density at radius 3 is 2.94 bits per heavy atom. The van der Waals surface area contributed by atoms with E-state index in [4.69, 9.17) is 4.74 Å². The number of aryl methyl sites for hydroxylation is 1. The summed E-state index contributed by atoms with van der Waals surface area (Å²) in [6, 6.07) is 5.86. The Labute approximate surface area is 92.1 Å². The molecule has 2 heterocycles. The summed E-state index contributed by atoms with van der Waals surface area (Å²) >= 11 is 0. The Bertz CT molecular complexity index is 730. The number of aromatic nitrogens is 3. The molecular formula is C12H11N3O. The van der Waals surface area contributed by atoms with Crippen LogP contribution in [0.4, 0.5) is 0 Å². The Morgan fingerprint density at radius 2 is 2.19 bits per heavy atom. The summed E-state index contributed by atoms with van der Waals surface area (Å²) in [6.07, 6.45) is 0. The first-order valence-electron chi connectivity index (χ1n) is 5.02. The summed E-state index contributed by atoms with van der Waals surface area (Å²) in [5, 5.41) is 6.33. The first kappa shape index (κ1) is 9.15. The molecule has 3 rings (SSSR count). The molecule has 0 bridgehead atoms. The second kappa shape index (κ2) is 2.95. The minimum absolute atomic E-state index is 0.754. The molecule has 0 saturated heterocycles. The number of methoxy groups -OCH3 is 1. The van der Waals surface area contributed by atoms with Gasteiger partial charge in [-0.1, -0.05) is 6.58 Å². The van der Waals surface area contributed by atoms with Crippen LogP contribution in [0.3, 0.4) is 0 Å². The number of fused-ring (bicyclic) bond motifs is 3. The lowest BCUT2D eigenvalue weighted by molar-refractivity contribution is 0.415. The average molecular weight is 213 g/mol. The minimum atomic E-state index is 0.754. The van der Waals surface area contributed by atoms with Gasteiger partial charge in [0, 0.05) is 16.7 Å². The van der Waals surface area contributed by atoms with Gasteiger partial charge in [-0.2, -0.15) is 5.10 Å². The Hall–Kier alpha value is -2.10. The lowest BCUT2D eigenvalue weighted by Crippen LogP contribution is -1.95. The first-order valence-corrected chi connectivity index (χ1v) is 5.02. The molecule has 0 spiro atoms. The predicted octanol–water partition coefficient (Wildman–Crippen LogP) is 1.33. The van der Waals surface area contributed by atoms with E-state index in [9.17, 15) is 0 Å². The monoisotopic (exact) mass is 213 g/mol. The van der Waals surface area contributed by atoms with Gasteiger partial charge in [-0.25, -0.2) is 9.50 Å². The third-order valence-electron chi connectivity index (χ3n) is 2.74. The van der Waals surface area contributed by atoms with E-state index in [0.717, 1.165) is 33.3 Å². The van der Waals surface area contributed by atoms with Crippen LogP contribution in [-0.2, 0) is 0 Å². The third kappa shape index (κ3) is 1.04. The molecule has 1 aromatic carbocycles. The van der Waals surface area contributed by atoms with Crippen LogP contribution in [-0.4, -0.2) is 21.7 Å². The highest BCUT2D eigenvalue weighted by atomic mass is 16.5. The summed E-state index contributed by atoms with van der Waals surface area (Å²) in [6.45, 7) is 5.91. The van der Waals surface area contributed by atoms with Gasteiger partial charge in [-0.15, -0.1) is 0 Å². The molecule has 0 amide bonds. The van der Waals surface area contributed by atoms with Crippen LogP contribution in [0.1, 0.15) is 5.82 Å². The fourth-order valence-corrected chi connectivity index (χ4v) is 1.97. The van der Waals surface area contributed by atoms with E-state index >= 15 is 0 Å². The van der Waals surface area contributed by atoms with E-state index in [1.54, 1.807) is 7.11 Å². The van der Waals surface area contributed by atoms with Crippen LogP contribution in [0.15, 0.2) is 18.2 Å². The molecule has 0 radical (unpaired) electrons. The largest absolute Gasteiger partial charge is 0.497 e. The number of rotatable bonds is 1. The van der Waals surface area contributed by atoms with Gasteiger partial charge in [-0.05, 0) is 19.1 Å². The molecule has 0 aliphatic carbocycles. The Morgan fingerprint density at radius 1 is 1.38 bits per heavy atom. The highest BCUT2D eigenvalue weighted by Crippen LogP contribution is 2.19. The third-order valence-corrected chi connectivity index (χ3v) is 2.74. The summed E-state index contributed by atoms with van der Waals surface area (Å²) in [5.74, 6) is 1.57. The van der Waals surface area contributed by atoms with E-state index in [1.807, 2.05) is 29.6 Å². The van der Waals surface area contributed by atoms with Crippen LogP contribution < -0.4 is 9.96 Å².